The number of nitrogens with zero attached hydrogens (tertiary/aromatic N) is 4. The Kier molecular flexibility index (Phi) is 5.07. The first-order valence-electron chi connectivity index (χ1n) is 9.85. The quantitative estimate of drug-likeness (QED) is 0.811. The molecule has 3 heterocycles. The van der Waals surface area contributed by atoms with Gasteiger partial charge in [0, 0.05) is 26.6 Å². The van der Waals surface area contributed by atoms with Crippen LogP contribution in [0.1, 0.15) is 35.4 Å². The smallest absolute Gasteiger partial charge is 0.272 e. The molecular formula is C21H26N4O3. The average Bonchev–Trinajstić information content (AvgIpc) is 3.42. The summed E-state index contributed by atoms with van der Waals surface area (Å²) in [5, 5.41) is 4.28. The molecule has 0 spiro atoms. The third kappa shape index (κ3) is 3.61. The van der Waals surface area contributed by atoms with Crippen molar-refractivity contribution >= 4 is 11.8 Å². The van der Waals surface area contributed by atoms with Crippen molar-refractivity contribution < 1.29 is 14.3 Å². The van der Waals surface area contributed by atoms with Gasteiger partial charge in [-0.05, 0) is 38.0 Å². The highest BCUT2D eigenvalue weighted by molar-refractivity contribution is 5.97. The van der Waals surface area contributed by atoms with Crippen molar-refractivity contribution in [2.24, 2.45) is 7.05 Å². The summed E-state index contributed by atoms with van der Waals surface area (Å²) >= 11 is 0. The highest BCUT2D eigenvalue weighted by Gasteiger charge is 2.43. The molecule has 4 rings (SSSR count). The van der Waals surface area contributed by atoms with Gasteiger partial charge in [-0.25, -0.2) is 0 Å². The lowest BCUT2D eigenvalue weighted by molar-refractivity contribution is -0.134. The van der Waals surface area contributed by atoms with Crippen LogP contribution < -0.4 is 4.74 Å². The molecule has 0 unspecified atom stereocenters. The number of likely N-dealkylation sites (tertiary alicyclic amines) is 2. The zero-order valence-corrected chi connectivity index (χ0v) is 16.4. The molecule has 0 bridgehead atoms. The summed E-state index contributed by atoms with van der Waals surface area (Å²) in [6.45, 7) is 3.79. The molecule has 7 heteroatoms. The molecule has 2 atom stereocenters. The first-order chi connectivity index (χ1) is 13.5. The van der Waals surface area contributed by atoms with Gasteiger partial charge in [0.25, 0.3) is 5.91 Å². The Bertz CT molecular complexity index is 858. The molecule has 0 radical (unpaired) electrons. The number of para-hydroxylation sites is 1. The molecule has 2 aromatic rings. The normalized spacial score (nSPS) is 21.9. The molecule has 1 aromatic carbocycles. The lowest BCUT2D eigenvalue weighted by atomic mass is 10.1. The van der Waals surface area contributed by atoms with Gasteiger partial charge < -0.3 is 14.5 Å². The number of carbonyl (C=O) groups excluding carboxylic acids is 2. The highest BCUT2D eigenvalue weighted by atomic mass is 16.5. The van der Waals surface area contributed by atoms with E-state index in [9.17, 15) is 9.59 Å². The van der Waals surface area contributed by atoms with Crippen molar-refractivity contribution in [3.63, 3.8) is 0 Å². The molecule has 2 saturated heterocycles. The summed E-state index contributed by atoms with van der Waals surface area (Å²) in [6.07, 6.45) is 2.35. The number of benzene rings is 1. The minimum atomic E-state index is -0.491. The fraction of sp³-hybridized carbons (Fsp3) is 0.476. The van der Waals surface area contributed by atoms with E-state index >= 15 is 0 Å². The van der Waals surface area contributed by atoms with Gasteiger partial charge in [0.05, 0.1) is 12.2 Å². The van der Waals surface area contributed by atoms with Crippen molar-refractivity contribution in [2.45, 2.75) is 38.3 Å². The van der Waals surface area contributed by atoms with Crippen LogP contribution in [0.2, 0.25) is 0 Å². The summed E-state index contributed by atoms with van der Waals surface area (Å²) in [4.78, 5) is 29.9. The van der Waals surface area contributed by atoms with Crippen LogP contribution in [0.3, 0.4) is 0 Å². The van der Waals surface area contributed by atoms with Gasteiger partial charge in [-0.3, -0.25) is 14.3 Å². The van der Waals surface area contributed by atoms with Gasteiger partial charge in [-0.15, -0.1) is 0 Å². The zero-order valence-electron chi connectivity index (χ0n) is 16.4. The lowest BCUT2D eigenvalue weighted by Gasteiger charge is -2.27. The molecule has 7 nitrogen and oxygen atoms in total. The second kappa shape index (κ2) is 7.66. The summed E-state index contributed by atoms with van der Waals surface area (Å²) < 4.78 is 7.67. The summed E-state index contributed by atoms with van der Waals surface area (Å²) in [5.74, 6) is 0.620. The van der Waals surface area contributed by atoms with Crippen molar-refractivity contribution in [1.29, 1.82) is 0 Å². The van der Waals surface area contributed by atoms with E-state index in [0.717, 1.165) is 37.4 Å². The fourth-order valence-electron chi connectivity index (χ4n) is 4.14. The summed E-state index contributed by atoms with van der Waals surface area (Å²) in [7, 11) is 1.76. The van der Waals surface area contributed by atoms with Crippen LogP contribution in [0, 0.1) is 6.92 Å². The first-order valence-corrected chi connectivity index (χ1v) is 9.85. The van der Waals surface area contributed by atoms with E-state index < -0.39 is 6.04 Å². The van der Waals surface area contributed by atoms with Gasteiger partial charge in [-0.1, -0.05) is 18.2 Å². The first kappa shape index (κ1) is 18.5. The number of ether oxygens (including phenoxy) is 1. The largest absolute Gasteiger partial charge is 0.488 e. The van der Waals surface area contributed by atoms with E-state index in [1.165, 1.54) is 0 Å². The summed E-state index contributed by atoms with van der Waals surface area (Å²) in [5.41, 5.74) is 1.28. The number of rotatable bonds is 4. The average molecular weight is 382 g/mol. The standard InChI is InChI=1S/C21H26N4O3/c1-15-12-18(23(2)22-15)21(27)25-14-17(28-16-8-4-3-5-9-16)13-19(25)20(26)24-10-6-7-11-24/h3-5,8-9,12,17,19H,6-7,10-11,13-14H2,1-2H3/t17-,19-/m0/s1. The number of hydrogen-bond acceptors (Lipinski definition) is 4. The van der Waals surface area contributed by atoms with Crippen molar-refractivity contribution in [1.82, 2.24) is 19.6 Å². The molecule has 0 aliphatic carbocycles. The number of aromatic nitrogens is 2. The third-order valence-corrected chi connectivity index (χ3v) is 5.49. The molecular weight excluding hydrogens is 356 g/mol. The number of carbonyl (C=O) groups is 2. The topological polar surface area (TPSA) is 67.7 Å². The van der Waals surface area contributed by atoms with E-state index in [1.807, 2.05) is 42.2 Å². The van der Waals surface area contributed by atoms with Crippen molar-refractivity contribution in [3.05, 3.63) is 47.8 Å². The Balaban J connectivity index is 1.57. The minimum Gasteiger partial charge on any atom is -0.488 e. The zero-order chi connectivity index (χ0) is 19.7. The van der Waals surface area contributed by atoms with Gasteiger partial charge >= 0.3 is 0 Å². The Morgan fingerprint density at radius 2 is 1.86 bits per heavy atom. The second-order valence-corrected chi connectivity index (χ2v) is 7.59. The van der Waals surface area contributed by atoms with Gasteiger partial charge in [0.2, 0.25) is 5.91 Å². The third-order valence-electron chi connectivity index (χ3n) is 5.49. The Morgan fingerprint density at radius 3 is 2.50 bits per heavy atom. The molecule has 1 aromatic heterocycles. The van der Waals surface area contributed by atoms with E-state index in [4.69, 9.17) is 4.74 Å². The number of hydrogen-bond donors (Lipinski definition) is 0. The Hall–Kier alpha value is -2.83. The van der Waals surface area contributed by atoms with Crippen LogP contribution >= 0.6 is 0 Å². The van der Waals surface area contributed by atoms with Crippen LogP contribution in [0.15, 0.2) is 36.4 Å². The molecule has 2 amide bonds. The molecule has 148 valence electrons. The summed E-state index contributed by atoms with van der Waals surface area (Å²) in [6, 6.07) is 10.8. The molecule has 28 heavy (non-hydrogen) atoms. The van der Waals surface area contributed by atoms with Crippen molar-refractivity contribution in [3.8, 4) is 5.75 Å². The monoisotopic (exact) mass is 382 g/mol. The maximum absolute atomic E-state index is 13.2. The van der Waals surface area contributed by atoms with E-state index in [2.05, 4.69) is 5.10 Å². The molecule has 2 aliphatic heterocycles. The van der Waals surface area contributed by atoms with Crippen LogP contribution in [-0.2, 0) is 11.8 Å². The predicted molar refractivity (Wildman–Crippen MR) is 104 cm³/mol. The SMILES string of the molecule is Cc1cc(C(=O)N2C[C@@H](Oc3ccccc3)C[C@H]2C(=O)N2CCCC2)n(C)n1. The van der Waals surface area contributed by atoms with E-state index in [1.54, 1.807) is 22.7 Å². The second-order valence-electron chi connectivity index (χ2n) is 7.59. The van der Waals surface area contributed by atoms with Crippen molar-refractivity contribution in [2.75, 3.05) is 19.6 Å². The maximum atomic E-state index is 13.2. The molecule has 0 saturated carbocycles. The number of aryl methyl sites for hydroxylation is 2. The molecule has 2 fully saturated rings. The number of amides is 2. The van der Waals surface area contributed by atoms with Gasteiger partial charge in [-0.2, -0.15) is 5.10 Å². The molecule has 0 N–H and O–H groups in total. The van der Waals surface area contributed by atoms with Crippen LogP contribution in [0.4, 0.5) is 0 Å². The Morgan fingerprint density at radius 1 is 1.14 bits per heavy atom. The highest BCUT2D eigenvalue weighted by Crippen LogP contribution is 2.27. The maximum Gasteiger partial charge on any atom is 0.272 e. The predicted octanol–water partition coefficient (Wildman–Crippen LogP) is 2.01. The van der Waals surface area contributed by atoms with Crippen LogP contribution in [0.5, 0.6) is 5.75 Å². The fourth-order valence-corrected chi connectivity index (χ4v) is 4.14. The van der Waals surface area contributed by atoms with Crippen LogP contribution in [0.25, 0.3) is 0 Å². The van der Waals surface area contributed by atoms with E-state index in [0.29, 0.717) is 18.7 Å². The van der Waals surface area contributed by atoms with E-state index in [-0.39, 0.29) is 17.9 Å². The van der Waals surface area contributed by atoms with Gasteiger partial charge in [0.1, 0.15) is 23.6 Å². The Labute approximate surface area is 164 Å². The van der Waals surface area contributed by atoms with Crippen LogP contribution in [-0.4, -0.2) is 63.2 Å². The van der Waals surface area contributed by atoms with Gasteiger partial charge in [0.15, 0.2) is 0 Å². The lowest BCUT2D eigenvalue weighted by Crippen LogP contribution is -2.47. The minimum absolute atomic E-state index is 0.0314. The molecule has 2 aliphatic rings.